The molecule has 4 bridgehead atoms. The van der Waals surface area contributed by atoms with Crippen LogP contribution in [0, 0.1) is 16.2 Å². The number of hydrogen-bond acceptors (Lipinski definition) is 3. The molecule has 4 aliphatic carbocycles. The molecule has 2 atom stereocenters. The zero-order valence-corrected chi connectivity index (χ0v) is 16.0. The van der Waals surface area contributed by atoms with E-state index in [4.69, 9.17) is 4.74 Å². The maximum Gasteiger partial charge on any atom is 0.407 e. The molecule has 4 heteroatoms. The van der Waals surface area contributed by atoms with Crippen LogP contribution >= 0.6 is 0 Å². The van der Waals surface area contributed by atoms with E-state index in [-0.39, 0.29) is 34.5 Å². The Kier molecular flexibility index (Phi) is 4.11. The molecule has 1 aromatic rings. The molecule has 2 unspecified atom stereocenters. The molecule has 1 aromatic carbocycles. The van der Waals surface area contributed by atoms with E-state index in [0.717, 1.165) is 31.2 Å². The highest BCUT2D eigenvalue weighted by Gasteiger charge is 2.65. The van der Waals surface area contributed by atoms with Gasteiger partial charge in [-0.2, -0.15) is 0 Å². The van der Waals surface area contributed by atoms with Crippen LogP contribution in [0.4, 0.5) is 4.79 Å². The van der Waals surface area contributed by atoms with Crippen LogP contribution in [-0.2, 0) is 11.3 Å². The number of carbonyl (C=O) groups excluding carboxylic acids is 1. The summed E-state index contributed by atoms with van der Waals surface area (Å²) in [6.07, 6.45) is 7.17. The standard InChI is InChI=1S/C22H31NO3/c1-19-11-20(2)13-21(12-19,8-9-24)16-22(14-19,15-20)23-18(25)26-10-17-6-4-3-5-7-17/h3-7,24H,8-16H2,1-2H3,(H,23,25). The van der Waals surface area contributed by atoms with Gasteiger partial charge in [0.2, 0.25) is 0 Å². The molecule has 0 aliphatic heterocycles. The van der Waals surface area contributed by atoms with Crippen molar-refractivity contribution in [1.82, 2.24) is 5.32 Å². The van der Waals surface area contributed by atoms with Gasteiger partial charge >= 0.3 is 6.09 Å². The fourth-order valence-corrected chi connectivity index (χ4v) is 7.55. The van der Waals surface area contributed by atoms with E-state index in [9.17, 15) is 9.90 Å². The van der Waals surface area contributed by atoms with Crippen molar-refractivity contribution in [3.63, 3.8) is 0 Å². The highest BCUT2D eigenvalue weighted by atomic mass is 16.5. The van der Waals surface area contributed by atoms with Crippen molar-refractivity contribution in [2.24, 2.45) is 16.2 Å². The molecule has 4 fully saturated rings. The van der Waals surface area contributed by atoms with E-state index >= 15 is 0 Å². The van der Waals surface area contributed by atoms with E-state index < -0.39 is 0 Å². The highest BCUT2D eigenvalue weighted by molar-refractivity contribution is 5.68. The van der Waals surface area contributed by atoms with E-state index in [1.807, 2.05) is 30.3 Å². The number of benzene rings is 1. The summed E-state index contributed by atoms with van der Waals surface area (Å²) in [7, 11) is 0. The summed E-state index contributed by atoms with van der Waals surface area (Å²) in [5.74, 6) is 0. The number of aliphatic hydroxyl groups excluding tert-OH is 1. The van der Waals surface area contributed by atoms with Gasteiger partial charge in [-0.05, 0) is 66.8 Å². The number of carbonyl (C=O) groups is 1. The quantitative estimate of drug-likeness (QED) is 0.820. The van der Waals surface area contributed by atoms with Gasteiger partial charge in [0.25, 0.3) is 0 Å². The third-order valence-corrected chi connectivity index (χ3v) is 6.92. The summed E-state index contributed by atoms with van der Waals surface area (Å²) in [4.78, 5) is 12.6. The van der Waals surface area contributed by atoms with Crippen LogP contribution < -0.4 is 5.32 Å². The first-order valence-corrected chi connectivity index (χ1v) is 9.87. The maximum atomic E-state index is 12.6. The van der Waals surface area contributed by atoms with Gasteiger partial charge in [-0.1, -0.05) is 44.2 Å². The summed E-state index contributed by atoms with van der Waals surface area (Å²) in [6.45, 7) is 5.29. The van der Waals surface area contributed by atoms with Crippen LogP contribution in [0.1, 0.15) is 64.4 Å². The molecular weight excluding hydrogens is 326 g/mol. The Morgan fingerprint density at radius 3 is 2.31 bits per heavy atom. The maximum absolute atomic E-state index is 12.6. The fraction of sp³-hybridized carbons (Fsp3) is 0.682. The Balaban J connectivity index is 1.49. The Hall–Kier alpha value is -1.55. The molecule has 0 radical (unpaired) electrons. The van der Waals surface area contributed by atoms with Gasteiger partial charge < -0.3 is 15.2 Å². The monoisotopic (exact) mass is 357 g/mol. The number of alkyl carbamates (subject to hydrolysis) is 1. The summed E-state index contributed by atoms with van der Waals surface area (Å²) in [5, 5.41) is 12.9. The Morgan fingerprint density at radius 2 is 1.69 bits per heavy atom. The molecule has 2 N–H and O–H groups in total. The third-order valence-electron chi connectivity index (χ3n) is 6.92. The van der Waals surface area contributed by atoms with E-state index in [2.05, 4.69) is 19.2 Å². The Bertz CT molecular complexity index is 668. The number of aliphatic hydroxyl groups is 1. The summed E-state index contributed by atoms with van der Waals surface area (Å²) >= 11 is 0. The van der Waals surface area contributed by atoms with Crippen molar-refractivity contribution in [3.8, 4) is 0 Å². The molecule has 4 saturated carbocycles. The first-order valence-electron chi connectivity index (χ1n) is 9.87. The number of rotatable bonds is 5. The molecule has 4 aliphatic rings. The Morgan fingerprint density at radius 1 is 1.04 bits per heavy atom. The lowest BCUT2D eigenvalue weighted by molar-refractivity contribution is -0.168. The second kappa shape index (κ2) is 5.98. The molecule has 0 aromatic heterocycles. The van der Waals surface area contributed by atoms with Gasteiger partial charge in [-0.25, -0.2) is 4.79 Å². The smallest absolute Gasteiger partial charge is 0.407 e. The lowest BCUT2D eigenvalue weighted by Gasteiger charge is -2.69. The lowest BCUT2D eigenvalue weighted by Crippen LogP contribution is -2.68. The molecular formula is C22H31NO3. The highest BCUT2D eigenvalue weighted by Crippen LogP contribution is 2.71. The van der Waals surface area contributed by atoms with Gasteiger partial charge in [0.05, 0.1) is 0 Å². The van der Waals surface area contributed by atoms with E-state index in [1.54, 1.807) is 0 Å². The van der Waals surface area contributed by atoms with Gasteiger partial charge in [0.15, 0.2) is 0 Å². The minimum Gasteiger partial charge on any atom is -0.445 e. The summed E-state index contributed by atoms with van der Waals surface area (Å²) in [5.41, 5.74) is 1.50. The zero-order valence-electron chi connectivity index (χ0n) is 16.0. The minimum absolute atomic E-state index is 0.166. The normalized spacial score (nSPS) is 40.4. The molecule has 5 rings (SSSR count). The van der Waals surface area contributed by atoms with Crippen molar-refractivity contribution in [1.29, 1.82) is 0 Å². The van der Waals surface area contributed by atoms with E-state index in [1.165, 1.54) is 19.3 Å². The average Bonchev–Trinajstić information content (AvgIpc) is 2.50. The van der Waals surface area contributed by atoms with Crippen molar-refractivity contribution >= 4 is 6.09 Å². The van der Waals surface area contributed by atoms with Crippen LogP contribution in [-0.4, -0.2) is 23.3 Å². The van der Waals surface area contributed by atoms with Crippen LogP contribution in [0.3, 0.4) is 0 Å². The largest absolute Gasteiger partial charge is 0.445 e. The molecule has 4 nitrogen and oxygen atoms in total. The summed E-state index contributed by atoms with van der Waals surface area (Å²) in [6, 6.07) is 9.81. The predicted octanol–water partition coefficient (Wildman–Crippen LogP) is 4.41. The Labute approximate surface area is 156 Å². The van der Waals surface area contributed by atoms with Crippen LogP contribution in [0.15, 0.2) is 30.3 Å². The number of amides is 1. The van der Waals surface area contributed by atoms with Gasteiger partial charge in [-0.15, -0.1) is 0 Å². The summed E-state index contributed by atoms with van der Waals surface area (Å²) < 4.78 is 5.53. The van der Waals surface area contributed by atoms with Gasteiger partial charge in [-0.3, -0.25) is 0 Å². The molecule has 26 heavy (non-hydrogen) atoms. The van der Waals surface area contributed by atoms with Crippen LogP contribution in [0.5, 0.6) is 0 Å². The van der Waals surface area contributed by atoms with Crippen LogP contribution in [0.25, 0.3) is 0 Å². The minimum atomic E-state index is -0.304. The second-order valence-corrected chi connectivity index (χ2v) is 10.1. The third kappa shape index (κ3) is 3.24. The SMILES string of the molecule is CC12CC3(C)CC(CCO)(C1)CC(NC(=O)OCc1ccccc1)(C2)C3. The molecule has 0 saturated heterocycles. The lowest BCUT2D eigenvalue weighted by atomic mass is 9.37. The molecule has 0 spiro atoms. The van der Waals surface area contributed by atoms with Crippen molar-refractivity contribution in [3.05, 3.63) is 35.9 Å². The number of hydrogen-bond donors (Lipinski definition) is 2. The number of nitrogens with one attached hydrogen (secondary N) is 1. The predicted molar refractivity (Wildman–Crippen MR) is 101 cm³/mol. The van der Waals surface area contributed by atoms with E-state index in [0.29, 0.717) is 6.61 Å². The first-order chi connectivity index (χ1) is 12.3. The molecule has 142 valence electrons. The molecule has 1 amide bonds. The second-order valence-electron chi connectivity index (χ2n) is 10.1. The van der Waals surface area contributed by atoms with Gasteiger partial charge in [0, 0.05) is 12.1 Å². The van der Waals surface area contributed by atoms with Crippen LogP contribution in [0.2, 0.25) is 0 Å². The van der Waals surface area contributed by atoms with Crippen molar-refractivity contribution in [2.75, 3.05) is 6.61 Å². The van der Waals surface area contributed by atoms with Gasteiger partial charge in [0.1, 0.15) is 6.61 Å². The zero-order chi connectivity index (χ0) is 18.5. The average molecular weight is 357 g/mol. The topological polar surface area (TPSA) is 58.6 Å². The molecule has 0 heterocycles. The van der Waals surface area contributed by atoms with Crippen molar-refractivity contribution in [2.45, 2.75) is 70.9 Å². The fourth-order valence-electron chi connectivity index (χ4n) is 7.55. The number of ether oxygens (including phenoxy) is 1. The first kappa shape index (κ1) is 17.8. The van der Waals surface area contributed by atoms with Crippen molar-refractivity contribution < 1.29 is 14.6 Å².